The number of benzene rings is 2. The van der Waals surface area contributed by atoms with Crippen LogP contribution in [0.5, 0.6) is 0 Å². The zero-order valence-corrected chi connectivity index (χ0v) is 15.4. The molecule has 2 aromatic carbocycles. The number of rotatable bonds is 6. The quantitative estimate of drug-likeness (QED) is 0.653. The SMILES string of the molecule is CCC(O)(Cc1ccnc2ccccc12)CC(C)c1cccc(C)c1. The molecule has 0 aliphatic carbocycles. The number of pyridine rings is 1. The van der Waals surface area contributed by atoms with Crippen molar-refractivity contribution in [1.29, 1.82) is 0 Å². The van der Waals surface area contributed by atoms with Gasteiger partial charge in [-0.1, -0.05) is 61.9 Å². The molecule has 25 heavy (non-hydrogen) atoms. The van der Waals surface area contributed by atoms with E-state index in [1.807, 2.05) is 30.5 Å². The first-order valence-corrected chi connectivity index (χ1v) is 9.12. The van der Waals surface area contributed by atoms with Crippen LogP contribution in [-0.2, 0) is 6.42 Å². The van der Waals surface area contributed by atoms with Crippen molar-refractivity contribution in [3.63, 3.8) is 0 Å². The molecule has 2 atom stereocenters. The molecule has 0 aliphatic rings. The molecular formula is C23H27NO. The molecule has 3 rings (SSSR count). The smallest absolute Gasteiger partial charge is 0.0704 e. The van der Waals surface area contributed by atoms with Crippen LogP contribution in [0.3, 0.4) is 0 Å². The second-order valence-corrected chi connectivity index (χ2v) is 7.26. The summed E-state index contributed by atoms with van der Waals surface area (Å²) < 4.78 is 0. The highest BCUT2D eigenvalue weighted by atomic mass is 16.3. The second kappa shape index (κ2) is 7.37. The molecule has 0 amide bonds. The fourth-order valence-electron chi connectivity index (χ4n) is 3.67. The summed E-state index contributed by atoms with van der Waals surface area (Å²) in [7, 11) is 0. The first-order valence-electron chi connectivity index (χ1n) is 9.12. The summed E-state index contributed by atoms with van der Waals surface area (Å²) in [6, 6.07) is 18.8. The molecule has 2 nitrogen and oxygen atoms in total. The lowest BCUT2D eigenvalue weighted by molar-refractivity contribution is 0.0224. The van der Waals surface area contributed by atoms with Crippen molar-refractivity contribution in [3.8, 4) is 0 Å². The van der Waals surface area contributed by atoms with Gasteiger partial charge in [0.1, 0.15) is 0 Å². The number of para-hydroxylation sites is 1. The van der Waals surface area contributed by atoms with Gasteiger partial charge in [0.2, 0.25) is 0 Å². The summed E-state index contributed by atoms with van der Waals surface area (Å²) in [5.41, 5.74) is 4.01. The van der Waals surface area contributed by atoms with Crippen molar-refractivity contribution in [2.24, 2.45) is 0 Å². The summed E-state index contributed by atoms with van der Waals surface area (Å²) in [5.74, 6) is 0.318. The minimum Gasteiger partial charge on any atom is -0.390 e. The van der Waals surface area contributed by atoms with Gasteiger partial charge in [-0.25, -0.2) is 0 Å². The van der Waals surface area contributed by atoms with E-state index < -0.39 is 5.60 Å². The maximum absolute atomic E-state index is 11.3. The van der Waals surface area contributed by atoms with E-state index in [-0.39, 0.29) is 0 Å². The molecule has 0 aliphatic heterocycles. The van der Waals surface area contributed by atoms with Crippen LogP contribution in [0.4, 0.5) is 0 Å². The fraction of sp³-hybridized carbons (Fsp3) is 0.348. The van der Waals surface area contributed by atoms with Gasteiger partial charge in [-0.05, 0) is 48.9 Å². The number of aromatic nitrogens is 1. The predicted octanol–water partition coefficient (Wildman–Crippen LogP) is 5.42. The molecule has 0 fully saturated rings. The normalized spacial score (nSPS) is 15.0. The van der Waals surface area contributed by atoms with E-state index in [1.54, 1.807) is 0 Å². The standard InChI is InChI=1S/C23H27NO/c1-4-23(25,15-18(3)19-9-7-8-17(2)14-19)16-20-12-13-24-22-11-6-5-10-21(20)22/h5-14,18,25H,4,15-16H2,1-3H3. The minimum atomic E-state index is -0.715. The minimum absolute atomic E-state index is 0.318. The Bertz CT molecular complexity index is 852. The Kier molecular flexibility index (Phi) is 5.19. The lowest BCUT2D eigenvalue weighted by atomic mass is 9.81. The van der Waals surface area contributed by atoms with Gasteiger partial charge < -0.3 is 5.11 Å². The maximum Gasteiger partial charge on any atom is 0.0704 e. The van der Waals surface area contributed by atoms with Crippen molar-refractivity contribution < 1.29 is 5.11 Å². The summed E-state index contributed by atoms with van der Waals surface area (Å²) in [4.78, 5) is 4.43. The van der Waals surface area contributed by atoms with Crippen LogP contribution in [0.1, 0.15) is 49.3 Å². The van der Waals surface area contributed by atoms with E-state index in [0.29, 0.717) is 12.3 Å². The Labute approximate surface area is 150 Å². The van der Waals surface area contributed by atoms with E-state index in [4.69, 9.17) is 0 Å². The molecule has 1 heterocycles. The van der Waals surface area contributed by atoms with Gasteiger partial charge in [-0.3, -0.25) is 4.98 Å². The number of aliphatic hydroxyl groups is 1. The first kappa shape index (κ1) is 17.6. The fourth-order valence-corrected chi connectivity index (χ4v) is 3.67. The van der Waals surface area contributed by atoms with E-state index in [0.717, 1.165) is 23.7 Å². The van der Waals surface area contributed by atoms with Crippen molar-refractivity contribution in [1.82, 2.24) is 4.98 Å². The molecule has 0 bridgehead atoms. The van der Waals surface area contributed by atoms with E-state index in [1.165, 1.54) is 16.7 Å². The number of hydrogen-bond donors (Lipinski definition) is 1. The third kappa shape index (κ3) is 4.08. The Morgan fingerprint density at radius 1 is 1.08 bits per heavy atom. The van der Waals surface area contributed by atoms with Crippen LogP contribution in [0.25, 0.3) is 10.9 Å². The average molecular weight is 333 g/mol. The van der Waals surface area contributed by atoms with Crippen LogP contribution in [0.2, 0.25) is 0 Å². The lowest BCUT2D eigenvalue weighted by Crippen LogP contribution is -2.32. The number of nitrogens with zero attached hydrogens (tertiary/aromatic N) is 1. The van der Waals surface area contributed by atoms with Gasteiger partial charge in [0.05, 0.1) is 11.1 Å². The van der Waals surface area contributed by atoms with Gasteiger partial charge in [0, 0.05) is 18.0 Å². The van der Waals surface area contributed by atoms with Gasteiger partial charge in [-0.2, -0.15) is 0 Å². The van der Waals surface area contributed by atoms with E-state index >= 15 is 0 Å². The van der Waals surface area contributed by atoms with Crippen molar-refractivity contribution >= 4 is 10.9 Å². The third-order valence-corrected chi connectivity index (χ3v) is 5.21. The summed E-state index contributed by atoms with van der Waals surface area (Å²) in [6.45, 7) is 6.40. The molecule has 0 saturated carbocycles. The van der Waals surface area contributed by atoms with Crippen LogP contribution in [-0.4, -0.2) is 15.7 Å². The van der Waals surface area contributed by atoms with Crippen LogP contribution in [0, 0.1) is 6.92 Å². The van der Waals surface area contributed by atoms with Gasteiger partial charge >= 0.3 is 0 Å². The molecule has 1 aromatic heterocycles. The van der Waals surface area contributed by atoms with Crippen molar-refractivity contribution in [3.05, 3.63) is 77.5 Å². The average Bonchev–Trinajstić information content (AvgIpc) is 2.62. The monoisotopic (exact) mass is 333 g/mol. The highest BCUT2D eigenvalue weighted by Gasteiger charge is 2.28. The molecule has 0 saturated heterocycles. The lowest BCUT2D eigenvalue weighted by Gasteiger charge is -2.30. The van der Waals surface area contributed by atoms with Crippen molar-refractivity contribution in [2.75, 3.05) is 0 Å². The molecule has 0 radical (unpaired) electrons. The topological polar surface area (TPSA) is 33.1 Å². The predicted molar refractivity (Wildman–Crippen MR) is 105 cm³/mol. The maximum atomic E-state index is 11.3. The Morgan fingerprint density at radius 3 is 2.64 bits per heavy atom. The van der Waals surface area contributed by atoms with Crippen LogP contribution in [0.15, 0.2) is 60.8 Å². The van der Waals surface area contributed by atoms with Gasteiger partial charge in [-0.15, -0.1) is 0 Å². The van der Waals surface area contributed by atoms with Crippen molar-refractivity contribution in [2.45, 2.75) is 51.6 Å². The summed E-state index contributed by atoms with van der Waals surface area (Å²) >= 11 is 0. The number of fused-ring (bicyclic) bond motifs is 1. The first-order chi connectivity index (χ1) is 12.0. The van der Waals surface area contributed by atoms with Crippen LogP contribution < -0.4 is 0 Å². The second-order valence-electron chi connectivity index (χ2n) is 7.26. The Morgan fingerprint density at radius 2 is 1.88 bits per heavy atom. The Balaban J connectivity index is 1.85. The molecule has 0 spiro atoms. The molecule has 2 unspecified atom stereocenters. The summed E-state index contributed by atoms with van der Waals surface area (Å²) in [6.07, 6.45) is 3.99. The summed E-state index contributed by atoms with van der Waals surface area (Å²) in [5, 5.41) is 12.5. The highest BCUT2D eigenvalue weighted by molar-refractivity contribution is 5.81. The molecule has 3 aromatic rings. The third-order valence-electron chi connectivity index (χ3n) is 5.21. The number of hydrogen-bond acceptors (Lipinski definition) is 2. The van der Waals surface area contributed by atoms with E-state index in [9.17, 15) is 5.11 Å². The van der Waals surface area contributed by atoms with E-state index in [2.05, 4.69) is 56.1 Å². The van der Waals surface area contributed by atoms with Gasteiger partial charge in [0.15, 0.2) is 0 Å². The molecule has 1 N–H and O–H groups in total. The number of aryl methyl sites for hydroxylation is 1. The molecule has 130 valence electrons. The van der Waals surface area contributed by atoms with Crippen LogP contribution >= 0.6 is 0 Å². The molecular weight excluding hydrogens is 306 g/mol. The zero-order valence-electron chi connectivity index (χ0n) is 15.4. The Hall–Kier alpha value is -2.19. The zero-order chi connectivity index (χ0) is 17.9. The largest absolute Gasteiger partial charge is 0.390 e. The molecule has 2 heteroatoms. The van der Waals surface area contributed by atoms with Gasteiger partial charge in [0.25, 0.3) is 0 Å². The highest BCUT2D eigenvalue weighted by Crippen LogP contribution is 2.32.